The summed E-state index contributed by atoms with van der Waals surface area (Å²) in [5.41, 5.74) is 6.61. The largest absolute Gasteiger partial charge is 0.360 e. The van der Waals surface area contributed by atoms with Gasteiger partial charge in [0.1, 0.15) is 5.82 Å². The molecule has 39 heavy (non-hydrogen) atoms. The van der Waals surface area contributed by atoms with Crippen LogP contribution in [0.2, 0.25) is 0 Å². The summed E-state index contributed by atoms with van der Waals surface area (Å²) in [5, 5.41) is 1.03. The van der Waals surface area contributed by atoms with Crippen LogP contribution in [0.1, 0.15) is 52.5 Å². The molecule has 0 unspecified atom stereocenters. The summed E-state index contributed by atoms with van der Waals surface area (Å²) < 4.78 is 0. The molecular weight excluding hydrogens is 488 g/mol. The molecule has 1 aliphatic rings. The van der Waals surface area contributed by atoms with E-state index in [1.165, 1.54) is 0 Å². The number of benzene rings is 1. The first kappa shape index (κ1) is 26.7. The van der Waals surface area contributed by atoms with Crippen molar-refractivity contribution in [2.75, 3.05) is 45.2 Å². The first-order valence-corrected chi connectivity index (χ1v) is 13.6. The Hall–Kier alpha value is -3.91. The van der Waals surface area contributed by atoms with E-state index < -0.39 is 0 Å². The van der Waals surface area contributed by atoms with Crippen molar-refractivity contribution in [2.24, 2.45) is 0 Å². The zero-order valence-electron chi connectivity index (χ0n) is 23.8. The predicted molar refractivity (Wildman–Crippen MR) is 158 cm³/mol. The number of aromatic nitrogens is 3. The van der Waals surface area contributed by atoms with E-state index in [0.29, 0.717) is 17.0 Å². The fourth-order valence-corrected chi connectivity index (χ4v) is 5.44. The van der Waals surface area contributed by atoms with E-state index in [2.05, 4.69) is 58.9 Å². The van der Waals surface area contributed by atoms with Gasteiger partial charge in [-0.05, 0) is 73.8 Å². The SMILES string of the molecule is Cc1cc(C)c(CN(C)C(=O)c2cc(-c3ccc(N4CCN(C)CC4)nc3)cc3c(C(C)C)c[nH]c23)c(=O)[nH]1. The number of piperazine rings is 1. The van der Waals surface area contributed by atoms with Crippen LogP contribution in [0.5, 0.6) is 0 Å². The maximum Gasteiger partial charge on any atom is 0.256 e. The number of H-pyrrole nitrogens is 2. The molecular formula is C31H38N6O2. The summed E-state index contributed by atoms with van der Waals surface area (Å²) in [6.07, 6.45) is 3.91. The molecule has 0 radical (unpaired) electrons. The monoisotopic (exact) mass is 526 g/mol. The number of hydrogen-bond acceptors (Lipinski definition) is 5. The van der Waals surface area contributed by atoms with Crippen LogP contribution in [0.4, 0.5) is 5.82 Å². The first-order valence-electron chi connectivity index (χ1n) is 13.6. The fourth-order valence-electron chi connectivity index (χ4n) is 5.44. The number of likely N-dealkylation sites (N-methyl/N-ethyl adjacent to an activating group) is 1. The zero-order chi connectivity index (χ0) is 27.8. The second-order valence-corrected chi connectivity index (χ2v) is 11.1. The Morgan fingerprint density at radius 1 is 1.08 bits per heavy atom. The normalized spacial score (nSPS) is 14.4. The van der Waals surface area contributed by atoms with Gasteiger partial charge in [-0.3, -0.25) is 9.59 Å². The minimum Gasteiger partial charge on any atom is -0.360 e. The molecule has 8 heteroatoms. The fraction of sp³-hybridized carbons (Fsp3) is 0.387. The van der Waals surface area contributed by atoms with Gasteiger partial charge in [0.2, 0.25) is 0 Å². The molecule has 0 aliphatic carbocycles. The van der Waals surface area contributed by atoms with Gasteiger partial charge < -0.3 is 24.7 Å². The number of fused-ring (bicyclic) bond motifs is 1. The van der Waals surface area contributed by atoms with E-state index in [9.17, 15) is 9.59 Å². The van der Waals surface area contributed by atoms with Gasteiger partial charge in [0.05, 0.1) is 17.6 Å². The maximum absolute atomic E-state index is 13.9. The van der Waals surface area contributed by atoms with Crippen LogP contribution < -0.4 is 10.5 Å². The smallest absolute Gasteiger partial charge is 0.256 e. The van der Waals surface area contributed by atoms with Gasteiger partial charge in [0, 0.05) is 67.8 Å². The van der Waals surface area contributed by atoms with E-state index in [1.54, 1.807) is 11.9 Å². The number of hydrogen-bond donors (Lipinski definition) is 2. The van der Waals surface area contributed by atoms with Crippen molar-refractivity contribution in [3.8, 4) is 11.1 Å². The number of rotatable bonds is 6. The summed E-state index contributed by atoms with van der Waals surface area (Å²) in [5.74, 6) is 1.13. The standard InChI is InChI=1S/C31H38N6O2/c1-19(2)26-17-33-29-24(26)14-23(22-7-8-28(32-16-22)37-11-9-35(5)10-12-37)15-25(29)31(39)36(6)18-27-20(3)13-21(4)34-30(27)38/h7-8,13-17,19,33H,9-12,18H2,1-6H3,(H,34,38). The van der Waals surface area contributed by atoms with E-state index in [4.69, 9.17) is 4.98 Å². The number of anilines is 1. The molecule has 0 atom stereocenters. The van der Waals surface area contributed by atoms with Crippen LogP contribution in [0.3, 0.4) is 0 Å². The number of amides is 1. The van der Waals surface area contributed by atoms with Crippen LogP contribution >= 0.6 is 0 Å². The molecule has 4 aromatic rings. The quantitative estimate of drug-likeness (QED) is 0.381. The Balaban J connectivity index is 1.51. The highest BCUT2D eigenvalue weighted by atomic mass is 16.2. The topological polar surface area (TPSA) is 88.3 Å². The van der Waals surface area contributed by atoms with Crippen molar-refractivity contribution in [3.63, 3.8) is 0 Å². The van der Waals surface area contributed by atoms with Crippen molar-refractivity contribution in [1.29, 1.82) is 0 Å². The lowest BCUT2D eigenvalue weighted by Gasteiger charge is -2.33. The Bertz CT molecular complexity index is 1560. The van der Waals surface area contributed by atoms with Gasteiger partial charge in [-0.2, -0.15) is 0 Å². The first-order chi connectivity index (χ1) is 18.6. The molecule has 1 fully saturated rings. The summed E-state index contributed by atoms with van der Waals surface area (Å²) >= 11 is 0. The number of nitrogens with one attached hydrogen (secondary N) is 2. The number of aromatic amines is 2. The lowest BCUT2D eigenvalue weighted by molar-refractivity contribution is 0.0786. The van der Waals surface area contributed by atoms with Gasteiger partial charge in [-0.1, -0.05) is 13.8 Å². The second-order valence-electron chi connectivity index (χ2n) is 11.1. The number of pyridine rings is 2. The molecule has 1 aliphatic heterocycles. The van der Waals surface area contributed by atoms with Gasteiger partial charge in [0.15, 0.2) is 0 Å². The molecule has 1 amide bonds. The molecule has 0 spiro atoms. The number of nitrogens with zero attached hydrogens (tertiary/aromatic N) is 4. The number of carbonyl (C=O) groups is 1. The van der Waals surface area contributed by atoms with Crippen LogP contribution in [0.15, 0.2) is 47.5 Å². The molecule has 8 nitrogen and oxygen atoms in total. The number of carbonyl (C=O) groups excluding carboxylic acids is 1. The third-order valence-electron chi connectivity index (χ3n) is 7.82. The minimum atomic E-state index is -0.153. The van der Waals surface area contributed by atoms with Gasteiger partial charge in [0.25, 0.3) is 11.5 Å². The third-order valence-corrected chi connectivity index (χ3v) is 7.82. The summed E-state index contributed by atoms with van der Waals surface area (Å²) in [6, 6.07) is 10.2. The summed E-state index contributed by atoms with van der Waals surface area (Å²) in [4.78, 5) is 43.8. The van der Waals surface area contributed by atoms with Crippen LogP contribution in [0.25, 0.3) is 22.0 Å². The number of aryl methyl sites for hydroxylation is 2. The average molecular weight is 527 g/mol. The lowest BCUT2D eigenvalue weighted by atomic mass is 9.96. The van der Waals surface area contributed by atoms with E-state index in [1.807, 2.05) is 38.4 Å². The Kier molecular flexibility index (Phi) is 7.32. The van der Waals surface area contributed by atoms with E-state index in [-0.39, 0.29) is 18.0 Å². The van der Waals surface area contributed by atoms with Crippen LogP contribution in [-0.2, 0) is 6.54 Å². The zero-order valence-corrected chi connectivity index (χ0v) is 23.8. The summed E-state index contributed by atoms with van der Waals surface area (Å²) in [6.45, 7) is 12.3. The van der Waals surface area contributed by atoms with Crippen molar-refractivity contribution < 1.29 is 4.79 Å². The predicted octanol–water partition coefficient (Wildman–Crippen LogP) is 4.68. The van der Waals surface area contributed by atoms with Gasteiger partial charge in [-0.25, -0.2) is 4.98 Å². The summed E-state index contributed by atoms with van der Waals surface area (Å²) in [7, 11) is 3.89. The van der Waals surface area contributed by atoms with Crippen molar-refractivity contribution in [2.45, 2.75) is 40.2 Å². The third kappa shape index (κ3) is 5.34. The highest BCUT2D eigenvalue weighted by Gasteiger charge is 2.22. The molecule has 0 saturated carbocycles. The van der Waals surface area contributed by atoms with Gasteiger partial charge in [-0.15, -0.1) is 0 Å². The molecule has 1 saturated heterocycles. The van der Waals surface area contributed by atoms with Crippen molar-refractivity contribution in [3.05, 3.63) is 81.0 Å². The molecule has 204 valence electrons. The van der Waals surface area contributed by atoms with E-state index in [0.717, 1.165) is 70.8 Å². The Labute approximate surface area is 229 Å². The van der Waals surface area contributed by atoms with Crippen molar-refractivity contribution in [1.82, 2.24) is 24.8 Å². The molecule has 0 bridgehead atoms. The highest BCUT2D eigenvalue weighted by Crippen LogP contribution is 2.33. The molecule has 3 aromatic heterocycles. The molecule has 5 rings (SSSR count). The molecule has 2 N–H and O–H groups in total. The molecule has 1 aromatic carbocycles. The van der Waals surface area contributed by atoms with Crippen LogP contribution in [-0.4, -0.2) is 70.9 Å². The highest BCUT2D eigenvalue weighted by molar-refractivity contribution is 6.08. The Morgan fingerprint density at radius 3 is 2.46 bits per heavy atom. The second kappa shape index (κ2) is 10.7. The molecule has 4 heterocycles. The van der Waals surface area contributed by atoms with Crippen LogP contribution in [0, 0.1) is 13.8 Å². The van der Waals surface area contributed by atoms with Crippen molar-refractivity contribution >= 4 is 22.6 Å². The minimum absolute atomic E-state index is 0.139. The average Bonchev–Trinajstić information content (AvgIpc) is 3.35. The lowest BCUT2D eigenvalue weighted by Crippen LogP contribution is -2.44. The van der Waals surface area contributed by atoms with E-state index >= 15 is 0 Å². The Morgan fingerprint density at radius 2 is 1.82 bits per heavy atom. The van der Waals surface area contributed by atoms with Gasteiger partial charge >= 0.3 is 0 Å². The maximum atomic E-state index is 13.9.